The zero-order valence-electron chi connectivity index (χ0n) is 11.0. The van der Waals surface area contributed by atoms with E-state index in [-0.39, 0.29) is 18.3 Å². The summed E-state index contributed by atoms with van der Waals surface area (Å²) in [6.45, 7) is 0.585. The van der Waals surface area contributed by atoms with Crippen LogP contribution >= 0.6 is 0 Å². The van der Waals surface area contributed by atoms with Crippen molar-refractivity contribution >= 4 is 5.91 Å². The lowest BCUT2D eigenvalue weighted by Gasteiger charge is -2.08. The molecule has 0 unspecified atom stereocenters. The predicted octanol–water partition coefficient (Wildman–Crippen LogP) is 2.56. The number of rotatable bonds is 6. The Morgan fingerprint density at radius 2 is 1.75 bits per heavy atom. The highest BCUT2D eigenvalue weighted by molar-refractivity contribution is 5.78. The van der Waals surface area contributed by atoms with E-state index in [1.165, 1.54) is 6.07 Å². The van der Waals surface area contributed by atoms with Crippen molar-refractivity contribution in [2.45, 2.75) is 6.42 Å². The van der Waals surface area contributed by atoms with Crippen LogP contribution in [0.15, 0.2) is 54.6 Å². The number of ether oxygens (including phenoxy) is 1. The highest BCUT2D eigenvalue weighted by Crippen LogP contribution is 2.14. The summed E-state index contributed by atoms with van der Waals surface area (Å²) in [6, 6.07) is 15.7. The largest absolute Gasteiger partial charge is 0.489 e. The Labute approximate surface area is 117 Å². The van der Waals surface area contributed by atoms with Gasteiger partial charge in [-0.15, -0.1) is 0 Å². The second-order valence-corrected chi connectivity index (χ2v) is 4.29. The summed E-state index contributed by atoms with van der Waals surface area (Å²) < 4.78 is 18.5. The van der Waals surface area contributed by atoms with Gasteiger partial charge in [0.1, 0.15) is 6.61 Å². The summed E-state index contributed by atoms with van der Waals surface area (Å²) in [4.78, 5) is 11.6. The SMILES string of the molecule is O=C(Cc1ccccc1)NCCOc1ccccc1F. The maximum absolute atomic E-state index is 13.3. The number of hydrogen-bond acceptors (Lipinski definition) is 2. The van der Waals surface area contributed by atoms with Crippen molar-refractivity contribution in [3.05, 3.63) is 66.0 Å². The van der Waals surface area contributed by atoms with Crippen LogP contribution in [0, 0.1) is 5.82 Å². The number of nitrogens with one attached hydrogen (secondary N) is 1. The fraction of sp³-hybridized carbons (Fsp3) is 0.188. The first kappa shape index (κ1) is 14.1. The van der Waals surface area contributed by atoms with Gasteiger partial charge in [-0.3, -0.25) is 4.79 Å². The van der Waals surface area contributed by atoms with Gasteiger partial charge in [-0.1, -0.05) is 42.5 Å². The van der Waals surface area contributed by atoms with Gasteiger partial charge in [0, 0.05) is 0 Å². The Kier molecular flexibility index (Phi) is 5.12. The van der Waals surface area contributed by atoms with Crippen LogP contribution in [0.4, 0.5) is 4.39 Å². The second kappa shape index (κ2) is 7.28. The van der Waals surface area contributed by atoms with Crippen LogP contribution in [0.1, 0.15) is 5.56 Å². The number of hydrogen-bond donors (Lipinski definition) is 1. The molecule has 0 atom stereocenters. The summed E-state index contributed by atoms with van der Waals surface area (Å²) in [5.41, 5.74) is 0.958. The molecule has 0 heterocycles. The van der Waals surface area contributed by atoms with Crippen molar-refractivity contribution in [2.75, 3.05) is 13.2 Å². The van der Waals surface area contributed by atoms with Gasteiger partial charge < -0.3 is 10.1 Å². The molecule has 4 heteroatoms. The maximum atomic E-state index is 13.3. The van der Waals surface area contributed by atoms with Crippen LogP contribution in [0.3, 0.4) is 0 Å². The molecule has 20 heavy (non-hydrogen) atoms. The molecule has 0 saturated carbocycles. The number of para-hydroxylation sites is 1. The Morgan fingerprint density at radius 1 is 1.05 bits per heavy atom. The summed E-state index contributed by atoms with van der Waals surface area (Å²) >= 11 is 0. The number of carbonyl (C=O) groups is 1. The highest BCUT2D eigenvalue weighted by atomic mass is 19.1. The Morgan fingerprint density at radius 3 is 2.50 bits per heavy atom. The summed E-state index contributed by atoms with van der Waals surface area (Å²) in [5, 5.41) is 2.73. The number of carbonyl (C=O) groups excluding carboxylic acids is 1. The molecule has 0 spiro atoms. The third-order valence-electron chi connectivity index (χ3n) is 2.73. The smallest absolute Gasteiger partial charge is 0.224 e. The van der Waals surface area contributed by atoms with Gasteiger partial charge in [0.05, 0.1) is 13.0 Å². The molecule has 0 aliphatic carbocycles. The summed E-state index contributed by atoms with van der Waals surface area (Å²) in [6.07, 6.45) is 0.334. The summed E-state index contributed by atoms with van der Waals surface area (Å²) in [7, 11) is 0. The van der Waals surface area contributed by atoms with Crippen molar-refractivity contribution < 1.29 is 13.9 Å². The van der Waals surface area contributed by atoms with Crippen LogP contribution in [0.5, 0.6) is 5.75 Å². The topological polar surface area (TPSA) is 38.3 Å². The summed E-state index contributed by atoms with van der Waals surface area (Å²) in [5.74, 6) is -0.277. The van der Waals surface area contributed by atoms with E-state index in [0.29, 0.717) is 13.0 Å². The van der Waals surface area contributed by atoms with Gasteiger partial charge in [-0.05, 0) is 17.7 Å². The minimum absolute atomic E-state index is 0.0756. The first-order valence-corrected chi connectivity index (χ1v) is 6.43. The third kappa shape index (κ3) is 4.39. The zero-order valence-corrected chi connectivity index (χ0v) is 11.0. The zero-order chi connectivity index (χ0) is 14.2. The van der Waals surface area contributed by atoms with Gasteiger partial charge in [0.25, 0.3) is 0 Å². The lowest BCUT2D eigenvalue weighted by atomic mass is 10.1. The van der Waals surface area contributed by atoms with Crippen LogP contribution in [0.25, 0.3) is 0 Å². The first-order chi connectivity index (χ1) is 9.75. The van der Waals surface area contributed by atoms with E-state index in [1.807, 2.05) is 30.3 Å². The minimum atomic E-state index is -0.400. The molecule has 0 bridgehead atoms. The Bertz CT molecular complexity index is 557. The van der Waals surface area contributed by atoms with Gasteiger partial charge in [0.2, 0.25) is 5.91 Å². The third-order valence-corrected chi connectivity index (χ3v) is 2.73. The van der Waals surface area contributed by atoms with Gasteiger partial charge in [-0.2, -0.15) is 0 Å². The van der Waals surface area contributed by atoms with Gasteiger partial charge in [0.15, 0.2) is 11.6 Å². The van der Waals surface area contributed by atoms with Crippen LogP contribution in [0.2, 0.25) is 0 Å². The molecule has 0 aliphatic rings. The van der Waals surface area contributed by atoms with E-state index < -0.39 is 5.82 Å². The Balaban J connectivity index is 1.69. The standard InChI is InChI=1S/C16H16FNO2/c17-14-8-4-5-9-15(14)20-11-10-18-16(19)12-13-6-2-1-3-7-13/h1-9H,10-12H2,(H,18,19). The molecule has 1 N–H and O–H groups in total. The van der Waals surface area contributed by atoms with Crippen molar-refractivity contribution in [2.24, 2.45) is 0 Å². The van der Waals surface area contributed by atoms with Crippen molar-refractivity contribution in [3.8, 4) is 5.75 Å². The maximum Gasteiger partial charge on any atom is 0.224 e. The molecule has 0 saturated heterocycles. The average molecular weight is 273 g/mol. The number of benzene rings is 2. The molecule has 0 aromatic heterocycles. The molecule has 2 aromatic carbocycles. The minimum Gasteiger partial charge on any atom is -0.489 e. The van der Waals surface area contributed by atoms with Gasteiger partial charge >= 0.3 is 0 Å². The van der Waals surface area contributed by atoms with E-state index in [2.05, 4.69) is 5.32 Å². The number of halogens is 1. The van der Waals surface area contributed by atoms with Crippen molar-refractivity contribution in [1.29, 1.82) is 0 Å². The van der Waals surface area contributed by atoms with E-state index in [0.717, 1.165) is 5.56 Å². The lowest BCUT2D eigenvalue weighted by molar-refractivity contribution is -0.120. The molecule has 2 aromatic rings. The van der Waals surface area contributed by atoms with Crippen molar-refractivity contribution in [3.63, 3.8) is 0 Å². The second-order valence-electron chi connectivity index (χ2n) is 4.29. The number of amides is 1. The van der Waals surface area contributed by atoms with E-state index in [1.54, 1.807) is 18.2 Å². The van der Waals surface area contributed by atoms with Crippen LogP contribution in [-0.4, -0.2) is 19.1 Å². The van der Waals surface area contributed by atoms with Crippen LogP contribution in [-0.2, 0) is 11.2 Å². The molecular weight excluding hydrogens is 257 g/mol. The molecule has 3 nitrogen and oxygen atoms in total. The molecular formula is C16H16FNO2. The lowest BCUT2D eigenvalue weighted by Crippen LogP contribution is -2.29. The molecule has 1 amide bonds. The highest BCUT2D eigenvalue weighted by Gasteiger charge is 2.03. The van der Waals surface area contributed by atoms with Crippen LogP contribution < -0.4 is 10.1 Å². The van der Waals surface area contributed by atoms with Crippen molar-refractivity contribution in [1.82, 2.24) is 5.32 Å². The molecule has 0 radical (unpaired) electrons. The molecule has 0 aliphatic heterocycles. The fourth-order valence-corrected chi connectivity index (χ4v) is 1.76. The normalized spacial score (nSPS) is 10.1. The van der Waals surface area contributed by atoms with E-state index >= 15 is 0 Å². The molecule has 104 valence electrons. The first-order valence-electron chi connectivity index (χ1n) is 6.43. The fourth-order valence-electron chi connectivity index (χ4n) is 1.76. The molecule has 2 rings (SSSR count). The average Bonchev–Trinajstić information content (AvgIpc) is 2.46. The molecule has 0 fully saturated rings. The Hall–Kier alpha value is -2.36. The van der Waals surface area contributed by atoms with Gasteiger partial charge in [-0.25, -0.2) is 4.39 Å². The quantitative estimate of drug-likeness (QED) is 0.821. The van der Waals surface area contributed by atoms with E-state index in [4.69, 9.17) is 4.74 Å². The predicted molar refractivity (Wildman–Crippen MR) is 75.1 cm³/mol. The monoisotopic (exact) mass is 273 g/mol. The van der Waals surface area contributed by atoms with E-state index in [9.17, 15) is 9.18 Å².